The summed E-state index contributed by atoms with van der Waals surface area (Å²) in [5.74, 6) is -0.408. The van der Waals surface area contributed by atoms with E-state index in [-0.39, 0.29) is 5.69 Å². The molecule has 0 spiro atoms. The summed E-state index contributed by atoms with van der Waals surface area (Å²) < 4.78 is 32.0. The van der Waals surface area contributed by atoms with Crippen molar-refractivity contribution in [1.82, 2.24) is 0 Å². The summed E-state index contributed by atoms with van der Waals surface area (Å²) in [7, 11) is 0. The number of hydrogen-bond donors (Lipinski definition) is 1. The maximum atomic E-state index is 13.5. The SMILES string of the molecule is Fc1ccc(NCc2cc(Cl)cc3c2OCC3)c(F)c1. The number of ether oxygens (including phenoxy) is 1. The zero-order valence-corrected chi connectivity index (χ0v) is 11.3. The average molecular weight is 296 g/mol. The second-order valence-corrected chi connectivity index (χ2v) is 5.07. The van der Waals surface area contributed by atoms with E-state index in [1.165, 1.54) is 12.1 Å². The lowest BCUT2D eigenvalue weighted by Gasteiger charge is -2.11. The Morgan fingerprint density at radius 1 is 1.20 bits per heavy atom. The summed E-state index contributed by atoms with van der Waals surface area (Å²) in [5, 5.41) is 3.56. The summed E-state index contributed by atoms with van der Waals surface area (Å²) in [4.78, 5) is 0. The molecule has 0 atom stereocenters. The average Bonchev–Trinajstić information content (AvgIpc) is 2.85. The zero-order chi connectivity index (χ0) is 14.1. The summed E-state index contributed by atoms with van der Waals surface area (Å²) in [6.45, 7) is 0.999. The van der Waals surface area contributed by atoms with E-state index in [1.807, 2.05) is 6.07 Å². The molecule has 0 saturated carbocycles. The van der Waals surface area contributed by atoms with Crippen LogP contribution < -0.4 is 10.1 Å². The highest BCUT2D eigenvalue weighted by Crippen LogP contribution is 2.33. The van der Waals surface area contributed by atoms with Gasteiger partial charge in [-0.2, -0.15) is 0 Å². The standard InChI is InChI=1S/C15H12ClF2NO/c16-11-5-9-3-4-20-15(9)10(6-11)8-19-14-2-1-12(17)7-13(14)18/h1-2,5-7,19H,3-4,8H2. The van der Waals surface area contributed by atoms with Gasteiger partial charge in [0.25, 0.3) is 0 Å². The van der Waals surface area contributed by atoms with Gasteiger partial charge >= 0.3 is 0 Å². The summed E-state index contributed by atoms with van der Waals surface area (Å²) in [5.41, 5.74) is 2.18. The first-order chi connectivity index (χ1) is 9.63. The van der Waals surface area contributed by atoms with E-state index < -0.39 is 11.6 Å². The molecule has 1 N–H and O–H groups in total. The molecule has 0 radical (unpaired) electrons. The van der Waals surface area contributed by atoms with Gasteiger partial charge in [-0.05, 0) is 29.8 Å². The van der Waals surface area contributed by atoms with Gasteiger partial charge in [-0.3, -0.25) is 0 Å². The fourth-order valence-corrected chi connectivity index (χ4v) is 2.56. The highest BCUT2D eigenvalue weighted by molar-refractivity contribution is 6.30. The minimum Gasteiger partial charge on any atom is -0.493 e. The van der Waals surface area contributed by atoms with Crippen LogP contribution in [0.5, 0.6) is 5.75 Å². The Labute approximate surface area is 120 Å². The van der Waals surface area contributed by atoms with E-state index in [2.05, 4.69) is 5.32 Å². The van der Waals surface area contributed by atoms with E-state index in [4.69, 9.17) is 16.3 Å². The number of hydrogen-bond acceptors (Lipinski definition) is 2. The summed E-state index contributed by atoms with van der Waals surface area (Å²) in [6.07, 6.45) is 0.827. The van der Waals surface area contributed by atoms with E-state index in [1.54, 1.807) is 6.07 Å². The van der Waals surface area contributed by atoms with Crippen LogP contribution in [0.4, 0.5) is 14.5 Å². The number of halogens is 3. The lowest BCUT2D eigenvalue weighted by molar-refractivity contribution is 0.354. The van der Waals surface area contributed by atoms with Crippen LogP contribution >= 0.6 is 11.6 Å². The summed E-state index contributed by atoms with van der Waals surface area (Å²) in [6, 6.07) is 7.11. The molecular formula is C15H12ClF2NO. The van der Waals surface area contributed by atoms with E-state index in [0.717, 1.165) is 29.4 Å². The number of anilines is 1. The molecule has 0 amide bonds. The maximum Gasteiger partial charge on any atom is 0.149 e. The van der Waals surface area contributed by atoms with E-state index in [9.17, 15) is 8.78 Å². The molecular weight excluding hydrogens is 284 g/mol. The van der Waals surface area contributed by atoms with Gasteiger partial charge in [-0.15, -0.1) is 0 Å². The second-order valence-electron chi connectivity index (χ2n) is 4.63. The third kappa shape index (κ3) is 2.56. The van der Waals surface area contributed by atoms with Crippen LogP contribution in [0.3, 0.4) is 0 Å². The zero-order valence-electron chi connectivity index (χ0n) is 10.6. The van der Waals surface area contributed by atoms with Crippen LogP contribution in [0.15, 0.2) is 30.3 Å². The molecule has 0 unspecified atom stereocenters. The summed E-state index contributed by atoms with van der Waals surface area (Å²) >= 11 is 6.06. The quantitative estimate of drug-likeness (QED) is 0.918. The van der Waals surface area contributed by atoms with Crippen molar-refractivity contribution >= 4 is 17.3 Å². The third-order valence-electron chi connectivity index (χ3n) is 3.23. The third-order valence-corrected chi connectivity index (χ3v) is 3.44. The minimum atomic E-state index is -0.621. The minimum absolute atomic E-state index is 0.248. The Hall–Kier alpha value is -1.81. The Bertz CT molecular complexity index is 661. The van der Waals surface area contributed by atoms with Crippen LogP contribution in [0.2, 0.25) is 5.02 Å². The second kappa shape index (κ2) is 5.29. The van der Waals surface area contributed by atoms with Gasteiger partial charge in [0.1, 0.15) is 17.4 Å². The number of benzene rings is 2. The monoisotopic (exact) mass is 295 g/mol. The molecule has 2 nitrogen and oxygen atoms in total. The van der Waals surface area contributed by atoms with Gasteiger partial charge in [0.15, 0.2) is 0 Å². The fraction of sp³-hybridized carbons (Fsp3) is 0.200. The molecule has 0 aromatic heterocycles. The Morgan fingerprint density at radius 2 is 2.05 bits per heavy atom. The molecule has 0 aliphatic carbocycles. The molecule has 1 aliphatic heterocycles. The van der Waals surface area contributed by atoms with Gasteiger partial charge in [0.2, 0.25) is 0 Å². The first-order valence-electron chi connectivity index (χ1n) is 6.26. The van der Waals surface area contributed by atoms with Crippen LogP contribution in [-0.2, 0) is 13.0 Å². The van der Waals surface area contributed by atoms with Gasteiger partial charge in [-0.1, -0.05) is 11.6 Å². The van der Waals surface area contributed by atoms with Crippen LogP contribution in [0, 0.1) is 11.6 Å². The Kier molecular flexibility index (Phi) is 3.49. The molecule has 2 aromatic carbocycles. The lowest BCUT2D eigenvalue weighted by Crippen LogP contribution is -2.03. The number of nitrogens with one attached hydrogen (secondary N) is 1. The van der Waals surface area contributed by atoms with Crippen molar-refractivity contribution in [1.29, 1.82) is 0 Å². The number of rotatable bonds is 3. The van der Waals surface area contributed by atoms with Gasteiger partial charge < -0.3 is 10.1 Å². The van der Waals surface area contributed by atoms with E-state index in [0.29, 0.717) is 18.2 Å². The molecule has 0 saturated heterocycles. The highest BCUT2D eigenvalue weighted by Gasteiger charge is 2.17. The van der Waals surface area contributed by atoms with Crippen LogP contribution in [-0.4, -0.2) is 6.61 Å². The van der Waals surface area contributed by atoms with Gasteiger partial charge in [-0.25, -0.2) is 8.78 Å². The van der Waals surface area contributed by atoms with Gasteiger partial charge in [0, 0.05) is 29.6 Å². The molecule has 104 valence electrons. The predicted molar refractivity (Wildman–Crippen MR) is 74.3 cm³/mol. The molecule has 1 aliphatic rings. The molecule has 0 bridgehead atoms. The van der Waals surface area contributed by atoms with Crippen LogP contribution in [0.1, 0.15) is 11.1 Å². The molecule has 1 heterocycles. The van der Waals surface area contributed by atoms with Crippen molar-refractivity contribution < 1.29 is 13.5 Å². The molecule has 5 heteroatoms. The van der Waals surface area contributed by atoms with Crippen molar-refractivity contribution in [3.05, 3.63) is 58.1 Å². The van der Waals surface area contributed by atoms with Crippen molar-refractivity contribution in [3.63, 3.8) is 0 Å². The molecule has 3 rings (SSSR count). The lowest BCUT2D eigenvalue weighted by atomic mass is 10.1. The normalized spacial score (nSPS) is 12.9. The molecule has 0 fully saturated rings. The van der Waals surface area contributed by atoms with E-state index >= 15 is 0 Å². The fourth-order valence-electron chi connectivity index (χ4n) is 2.30. The van der Waals surface area contributed by atoms with Gasteiger partial charge in [0.05, 0.1) is 12.3 Å². The Balaban J connectivity index is 1.82. The first-order valence-corrected chi connectivity index (χ1v) is 6.64. The maximum absolute atomic E-state index is 13.5. The molecule has 2 aromatic rings. The van der Waals surface area contributed by atoms with Crippen LogP contribution in [0.25, 0.3) is 0 Å². The highest BCUT2D eigenvalue weighted by atomic mass is 35.5. The van der Waals surface area contributed by atoms with Crippen molar-refractivity contribution in [2.75, 3.05) is 11.9 Å². The predicted octanol–water partition coefficient (Wildman–Crippen LogP) is 4.17. The van der Waals surface area contributed by atoms with Crippen molar-refractivity contribution in [3.8, 4) is 5.75 Å². The van der Waals surface area contributed by atoms with Crippen molar-refractivity contribution in [2.24, 2.45) is 0 Å². The van der Waals surface area contributed by atoms with Crippen molar-refractivity contribution in [2.45, 2.75) is 13.0 Å². The number of fused-ring (bicyclic) bond motifs is 1. The largest absolute Gasteiger partial charge is 0.493 e. The Morgan fingerprint density at radius 3 is 2.85 bits per heavy atom. The topological polar surface area (TPSA) is 21.3 Å². The first kappa shape index (κ1) is 13.2. The molecule has 20 heavy (non-hydrogen) atoms. The smallest absolute Gasteiger partial charge is 0.149 e.